The third kappa shape index (κ3) is 4.49. The molecule has 0 aromatic heterocycles. The highest BCUT2D eigenvalue weighted by atomic mass is 16.5. The van der Waals surface area contributed by atoms with Crippen molar-refractivity contribution >= 4 is 0 Å². The molecule has 0 radical (unpaired) electrons. The molecular weight excluding hydrogens is 190 g/mol. The molecule has 2 atom stereocenters. The van der Waals surface area contributed by atoms with Crippen molar-refractivity contribution in [1.82, 2.24) is 5.32 Å². The van der Waals surface area contributed by atoms with Crippen molar-refractivity contribution in [2.75, 3.05) is 26.9 Å². The van der Waals surface area contributed by atoms with Crippen LogP contribution in [0.2, 0.25) is 0 Å². The van der Waals surface area contributed by atoms with Crippen molar-refractivity contribution in [2.45, 2.75) is 45.3 Å². The van der Waals surface area contributed by atoms with Crippen molar-refractivity contribution in [3.63, 3.8) is 0 Å². The standard InChI is InChI=1S/C12H25NO2/c1-4-8-13-11(9-15-5-2)12(14-3)10-6-7-10/h10-13H,4-9H2,1-3H3. The van der Waals surface area contributed by atoms with Gasteiger partial charge >= 0.3 is 0 Å². The van der Waals surface area contributed by atoms with Crippen LogP contribution in [0.1, 0.15) is 33.1 Å². The zero-order valence-electron chi connectivity index (χ0n) is 10.3. The Labute approximate surface area is 93.5 Å². The van der Waals surface area contributed by atoms with Crippen LogP contribution in [0, 0.1) is 5.92 Å². The lowest BCUT2D eigenvalue weighted by atomic mass is 10.1. The van der Waals surface area contributed by atoms with Crippen LogP contribution in [0.3, 0.4) is 0 Å². The maximum Gasteiger partial charge on any atom is 0.0774 e. The van der Waals surface area contributed by atoms with E-state index in [0.29, 0.717) is 12.1 Å². The highest BCUT2D eigenvalue weighted by Gasteiger charge is 2.36. The molecule has 0 aliphatic heterocycles. The average molecular weight is 215 g/mol. The Kier molecular flexibility index (Phi) is 6.22. The Morgan fingerprint density at radius 1 is 1.33 bits per heavy atom. The van der Waals surface area contributed by atoms with Gasteiger partial charge in [-0.2, -0.15) is 0 Å². The topological polar surface area (TPSA) is 30.5 Å². The van der Waals surface area contributed by atoms with Gasteiger partial charge in [-0.15, -0.1) is 0 Å². The first-order valence-corrected chi connectivity index (χ1v) is 6.17. The highest BCUT2D eigenvalue weighted by Crippen LogP contribution is 2.35. The second-order valence-electron chi connectivity index (χ2n) is 4.26. The largest absolute Gasteiger partial charge is 0.380 e. The molecule has 1 N–H and O–H groups in total. The van der Waals surface area contributed by atoms with Gasteiger partial charge in [0.1, 0.15) is 0 Å². The number of hydrogen-bond donors (Lipinski definition) is 1. The predicted molar refractivity (Wildman–Crippen MR) is 62.1 cm³/mol. The van der Waals surface area contributed by atoms with Crippen LogP contribution in [0.15, 0.2) is 0 Å². The van der Waals surface area contributed by atoms with Gasteiger partial charge in [0, 0.05) is 13.7 Å². The number of hydrogen-bond acceptors (Lipinski definition) is 3. The minimum atomic E-state index is 0.336. The summed E-state index contributed by atoms with van der Waals surface area (Å²) in [6, 6.07) is 0.363. The van der Waals surface area contributed by atoms with Gasteiger partial charge in [-0.05, 0) is 38.6 Å². The molecule has 1 saturated carbocycles. The van der Waals surface area contributed by atoms with E-state index in [9.17, 15) is 0 Å². The minimum Gasteiger partial charge on any atom is -0.380 e. The van der Waals surface area contributed by atoms with E-state index in [1.165, 1.54) is 12.8 Å². The van der Waals surface area contributed by atoms with E-state index in [1.54, 1.807) is 0 Å². The normalized spacial score (nSPS) is 20.2. The van der Waals surface area contributed by atoms with Gasteiger partial charge < -0.3 is 14.8 Å². The molecule has 1 fully saturated rings. The second kappa shape index (κ2) is 7.20. The third-order valence-corrected chi connectivity index (χ3v) is 2.91. The number of nitrogens with one attached hydrogen (secondary N) is 1. The maximum atomic E-state index is 5.59. The van der Waals surface area contributed by atoms with E-state index < -0.39 is 0 Å². The summed E-state index contributed by atoms with van der Waals surface area (Å²) in [6.07, 6.45) is 4.12. The molecule has 0 aromatic rings. The van der Waals surface area contributed by atoms with Crippen LogP contribution in [0.5, 0.6) is 0 Å². The SMILES string of the molecule is CCCNC(COCC)C(OC)C1CC1. The molecule has 90 valence electrons. The molecule has 0 saturated heterocycles. The van der Waals surface area contributed by atoms with Gasteiger partial charge in [0.2, 0.25) is 0 Å². The van der Waals surface area contributed by atoms with Crippen molar-refractivity contribution in [1.29, 1.82) is 0 Å². The minimum absolute atomic E-state index is 0.336. The van der Waals surface area contributed by atoms with Crippen molar-refractivity contribution in [2.24, 2.45) is 5.92 Å². The summed E-state index contributed by atoms with van der Waals surface area (Å²) in [5.41, 5.74) is 0. The molecule has 0 spiro atoms. The smallest absolute Gasteiger partial charge is 0.0774 e. The molecule has 3 nitrogen and oxygen atoms in total. The summed E-state index contributed by atoms with van der Waals surface area (Å²) < 4.78 is 11.1. The van der Waals surface area contributed by atoms with Crippen LogP contribution < -0.4 is 5.32 Å². The Morgan fingerprint density at radius 3 is 2.53 bits per heavy atom. The summed E-state index contributed by atoms with van der Waals surface area (Å²) in [4.78, 5) is 0. The maximum absolute atomic E-state index is 5.59. The summed E-state index contributed by atoms with van der Waals surface area (Å²) in [7, 11) is 1.82. The van der Waals surface area contributed by atoms with Crippen LogP contribution in [0.25, 0.3) is 0 Å². The van der Waals surface area contributed by atoms with E-state index in [-0.39, 0.29) is 0 Å². The van der Waals surface area contributed by atoms with Crippen molar-refractivity contribution < 1.29 is 9.47 Å². The highest BCUT2D eigenvalue weighted by molar-refractivity contribution is 4.90. The van der Waals surface area contributed by atoms with E-state index in [1.807, 2.05) is 14.0 Å². The molecule has 1 aliphatic carbocycles. The monoisotopic (exact) mass is 215 g/mol. The lowest BCUT2D eigenvalue weighted by Crippen LogP contribution is -2.45. The van der Waals surface area contributed by atoms with Crippen LogP contribution >= 0.6 is 0 Å². The summed E-state index contributed by atoms with van der Waals surface area (Å²) in [6.45, 7) is 6.82. The first-order valence-electron chi connectivity index (χ1n) is 6.17. The van der Waals surface area contributed by atoms with Gasteiger partial charge in [-0.1, -0.05) is 6.92 Å². The first kappa shape index (κ1) is 12.9. The third-order valence-electron chi connectivity index (χ3n) is 2.91. The number of rotatable bonds is 9. The van der Waals surface area contributed by atoms with E-state index in [0.717, 1.165) is 32.1 Å². The summed E-state index contributed by atoms with van der Waals surface area (Å²) in [5.74, 6) is 0.754. The summed E-state index contributed by atoms with van der Waals surface area (Å²) in [5, 5.41) is 3.53. The molecular formula is C12H25NO2. The number of methoxy groups -OCH3 is 1. The molecule has 3 heteroatoms. The second-order valence-corrected chi connectivity index (χ2v) is 4.26. The van der Waals surface area contributed by atoms with Crippen molar-refractivity contribution in [3.8, 4) is 0 Å². The zero-order valence-corrected chi connectivity index (χ0v) is 10.3. The van der Waals surface area contributed by atoms with Gasteiger partial charge in [0.25, 0.3) is 0 Å². The Hall–Kier alpha value is -0.120. The Bertz CT molecular complexity index is 152. The lowest BCUT2D eigenvalue weighted by Gasteiger charge is -2.26. The Morgan fingerprint density at radius 2 is 2.07 bits per heavy atom. The molecule has 15 heavy (non-hydrogen) atoms. The molecule has 1 rings (SSSR count). The fourth-order valence-corrected chi connectivity index (χ4v) is 1.95. The fourth-order valence-electron chi connectivity index (χ4n) is 1.95. The zero-order chi connectivity index (χ0) is 11.1. The predicted octanol–water partition coefficient (Wildman–Crippen LogP) is 1.82. The average Bonchev–Trinajstić information content (AvgIpc) is 3.06. The summed E-state index contributed by atoms with van der Waals surface area (Å²) >= 11 is 0. The lowest BCUT2D eigenvalue weighted by molar-refractivity contribution is 0.0122. The molecule has 2 unspecified atom stereocenters. The molecule has 0 heterocycles. The molecule has 0 bridgehead atoms. The van der Waals surface area contributed by atoms with Crippen LogP contribution in [-0.2, 0) is 9.47 Å². The van der Waals surface area contributed by atoms with Crippen molar-refractivity contribution in [3.05, 3.63) is 0 Å². The van der Waals surface area contributed by atoms with E-state index in [4.69, 9.17) is 9.47 Å². The molecule has 0 amide bonds. The quantitative estimate of drug-likeness (QED) is 0.636. The van der Waals surface area contributed by atoms with Gasteiger partial charge in [0.05, 0.1) is 18.8 Å². The van der Waals surface area contributed by atoms with E-state index in [2.05, 4.69) is 12.2 Å². The van der Waals surface area contributed by atoms with Crippen LogP contribution in [0.4, 0.5) is 0 Å². The van der Waals surface area contributed by atoms with Gasteiger partial charge in [-0.3, -0.25) is 0 Å². The number of ether oxygens (including phenoxy) is 2. The molecule has 1 aliphatic rings. The molecule has 0 aromatic carbocycles. The van der Waals surface area contributed by atoms with Gasteiger partial charge in [-0.25, -0.2) is 0 Å². The fraction of sp³-hybridized carbons (Fsp3) is 1.00. The first-order chi connectivity index (χ1) is 7.33. The Balaban J connectivity index is 2.36. The van der Waals surface area contributed by atoms with Gasteiger partial charge in [0.15, 0.2) is 0 Å². The van der Waals surface area contributed by atoms with Crippen LogP contribution in [-0.4, -0.2) is 39.0 Å². The van der Waals surface area contributed by atoms with E-state index >= 15 is 0 Å².